The molecule has 6 heteroatoms. The Morgan fingerprint density at radius 1 is 1.07 bits per heavy atom. The standard InChI is InChI=1S/C21H21ClN2O3/c22-13-15-5-7-16(8-6-15)20(25)23-11-9-18(10-12-23)24-19-4-2-1-3-17(19)14-27-21(24)26/h1-8,18H,9-14H2. The molecular formula is C21H21ClN2O3. The second-order valence-corrected chi connectivity index (χ2v) is 7.17. The third-order valence-corrected chi connectivity index (χ3v) is 5.58. The smallest absolute Gasteiger partial charge is 0.414 e. The lowest BCUT2D eigenvalue weighted by Crippen LogP contribution is -2.50. The second kappa shape index (κ2) is 7.61. The van der Waals surface area contributed by atoms with Crippen LogP contribution in [0.25, 0.3) is 0 Å². The molecule has 27 heavy (non-hydrogen) atoms. The van der Waals surface area contributed by atoms with Crippen LogP contribution in [0.4, 0.5) is 10.5 Å². The number of hydrogen-bond donors (Lipinski definition) is 0. The topological polar surface area (TPSA) is 49.9 Å². The molecule has 0 radical (unpaired) electrons. The van der Waals surface area contributed by atoms with E-state index < -0.39 is 0 Å². The summed E-state index contributed by atoms with van der Waals surface area (Å²) in [7, 11) is 0. The highest BCUT2D eigenvalue weighted by molar-refractivity contribution is 6.17. The summed E-state index contributed by atoms with van der Waals surface area (Å²) in [4.78, 5) is 28.7. The highest BCUT2D eigenvalue weighted by atomic mass is 35.5. The van der Waals surface area contributed by atoms with E-state index in [1.807, 2.05) is 53.4 Å². The number of benzene rings is 2. The van der Waals surface area contributed by atoms with Gasteiger partial charge in [-0.25, -0.2) is 4.79 Å². The molecule has 2 amide bonds. The number of anilines is 1. The third-order valence-electron chi connectivity index (χ3n) is 5.27. The molecule has 2 aromatic carbocycles. The molecule has 2 heterocycles. The van der Waals surface area contributed by atoms with E-state index in [4.69, 9.17) is 16.3 Å². The van der Waals surface area contributed by atoms with Gasteiger partial charge >= 0.3 is 6.09 Å². The Kier molecular flexibility index (Phi) is 5.03. The highest BCUT2D eigenvalue weighted by Crippen LogP contribution is 2.32. The highest BCUT2D eigenvalue weighted by Gasteiger charge is 2.35. The van der Waals surface area contributed by atoms with Crippen molar-refractivity contribution in [3.63, 3.8) is 0 Å². The summed E-state index contributed by atoms with van der Waals surface area (Å²) < 4.78 is 5.33. The maximum atomic E-state index is 12.7. The maximum absolute atomic E-state index is 12.7. The Labute approximate surface area is 163 Å². The quantitative estimate of drug-likeness (QED) is 0.745. The van der Waals surface area contributed by atoms with Gasteiger partial charge in [-0.05, 0) is 36.6 Å². The van der Waals surface area contributed by atoms with Gasteiger partial charge in [0.2, 0.25) is 0 Å². The van der Waals surface area contributed by atoms with Crippen LogP contribution < -0.4 is 4.90 Å². The zero-order valence-corrected chi connectivity index (χ0v) is 15.7. The molecule has 0 spiro atoms. The van der Waals surface area contributed by atoms with Crippen LogP contribution in [0.3, 0.4) is 0 Å². The average molecular weight is 385 g/mol. The number of fused-ring (bicyclic) bond motifs is 1. The van der Waals surface area contributed by atoms with Crippen LogP contribution in [0, 0.1) is 0 Å². The van der Waals surface area contributed by atoms with Crippen LogP contribution in [0.2, 0.25) is 0 Å². The van der Waals surface area contributed by atoms with E-state index in [2.05, 4.69) is 0 Å². The van der Waals surface area contributed by atoms with Crippen molar-refractivity contribution in [3.8, 4) is 0 Å². The van der Waals surface area contributed by atoms with Crippen molar-refractivity contribution in [1.82, 2.24) is 4.90 Å². The van der Waals surface area contributed by atoms with Crippen LogP contribution in [0.1, 0.15) is 34.3 Å². The van der Waals surface area contributed by atoms with Crippen molar-refractivity contribution < 1.29 is 14.3 Å². The number of cyclic esters (lactones) is 1. The first-order valence-corrected chi connectivity index (χ1v) is 9.69. The molecule has 0 aliphatic carbocycles. The SMILES string of the molecule is O=C(c1ccc(CCl)cc1)N1CCC(N2C(=O)OCc3ccccc32)CC1. The van der Waals surface area contributed by atoms with E-state index in [9.17, 15) is 9.59 Å². The number of amides is 2. The predicted octanol–water partition coefficient (Wildman–Crippen LogP) is 4.19. The third kappa shape index (κ3) is 3.52. The van der Waals surface area contributed by atoms with Crippen molar-refractivity contribution >= 4 is 29.3 Å². The minimum atomic E-state index is -0.296. The summed E-state index contributed by atoms with van der Waals surface area (Å²) in [6.07, 6.45) is 1.17. The molecule has 2 aliphatic heterocycles. The molecule has 0 saturated carbocycles. The lowest BCUT2D eigenvalue weighted by Gasteiger charge is -2.40. The van der Waals surface area contributed by atoms with Crippen LogP contribution >= 0.6 is 11.6 Å². The van der Waals surface area contributed by atoms with Crippen molar-refractivity contribution in [2.24, 2.45) is 0 Å². The fourth-order valence-corrected chi connectivity index (χ4v) is 3.95. The van der Waals surface area contributed by atoms with Gasteiger partial charge in [-0.3, -0.25) is 9.69 Å². The van der Waals surface area contributed by atoms with Gasteiger partial charge in [-0.15, -0.1) is 11.6 Å². The van der Waals surface area contributed by atoms with Crippen molar-refractivity contribution in [2.75, 3.05) is 18.0 Å². The van der Waals surface area contributed by atoms with E-state index in [1.165, 1.54) is 0 Å². The molecule has 0 unspecified atom stereocenters. The monoisotopic (exact) mass is 384 g/mol. The number of rotatable bonds is 3. The molecule has 0 N–H and O–H groups in total. The zero-order chi connectivity index (χ0) is 18.8. The number of para-hydroxylation sites is 1. The van der Waals surface area contributed by atoms with Gasteiger partial charge in [0.15, 0.2) is 0 Å². The fraction of sp³-hybridized carbons (Fsp3) is 0.333. The van der Waals surface area contributed by atoms with Gasteiger partial charge < -0.3 is 9.64 Å². The number of nitrogens with zero attached hydrogens (tertiary/aromatic N) is 2. The van der Waals surface area contributed by atoms with Gasteiger partial charge in [-0.2, -0.15) is 0 Å². The molecule has 0 bridgehead atoms. The van der Waals surface area contributed by atoms with Gasteiger partial charge in [0.25, 0.3) is 5.91 Å². The van der Waals surface area contributed by atoms with Crippen LogP contribution in [0.5, 0.6) is 0 Å². The van der Waals surface area contributed by atoms with Gasteiger partial charge in [0.1, 0.15) is 6.61 Å². The number of halogens is 1. The molecule has 2 aromatic rings. The summed E-state index contributed by atoms with van der Waals surface area (Å²) >= 11 is 5.81. The number of carbonyl (C=O) groups is 2. The zero-order valence-electron chi connectivity index (χ0n) is 14.9. The maximum Gasteiger partial charge on any atom is 0.414 e. The largest absolute Gasteiger partial charge is 0.444 e. The summed E-state index contributed by atoms with van der Waals surface area (Å²) in [5, 5.41) is 0. The Bertz CT molecular complexity index is 845. The van der Waals surface area contributed by atoms with Gasteiger partial charge in [0, 0.05) is 36.1 Å². The normalized spacial score (nSPS) is 17.4. The van der Waals surface area contributed by atoms with E-state index in [0.717, 1.165) is 29.7 Å². The summed E-state index contributed by atoms with van der Waals surface area (Å²) in [6, 6.07) is 15.3. The Balaban J connectivity index is 1.44. The lowest BCUT2D eigenvalue weighted by atomic mass is 10.00. The fourth-order valence-electron chi connectivity index (χ4n) is 3.77. The summed E-state index contributed by atoms with van der Waals surface area (Å²) in [5.74, 6) is 0.462. The van der Waals surface area contributed by atoms with Crippen LogP contribution in [-0.4, -0.2) is 36.0 Å². The van der Waals surface area contributed by atoms with E-state index >= 15 is 0 Å². The second-order valence-electron chi connectivity index (χ2n) is 6.91. The number of alkyl halides is 1. The van der Waals surface area contributed by atoms with E-state index in [1.54, 1.807) is 4.90 Å². The number of hydrogen-bond acceptors (Lipinski definition) is 3. The number of ether oxygens (including phenoxy) is 1. The number of carbonyl (C=O) groups excluding carboxylic acids is 2. The van der Waals surface area contributed by atoms with Gasteiger partial charge in [0.05, 0.1) is 5.69 Å². The molecular weight excluding hydrogens is 364 g/mol. The molecule has 4 rings (SSSR count). The predicted molar refractivity (Wildman–Crippen MR) is 104 cm³/mol. The summed E-state index contributed by atoms with van der Waals surface area (Å²) in [5.41, 5.74) is 3.62. The van der Waals surface area contributed by atoms with Crippen LogP contribution in [0.15, 0.2) is 48.5 Å². The Morgan fingerprint density at radius 2 is 1.78 bits per heavy atom. The molecule has 140 valence electrons. The summed E-state index contributed by atoms with van der Waals surface area (Å²) in [6.45, 7) is 1.56. The first kappa shape index (κ1) is 17.9. The lowest BCUT2D eigenvalue weighted by molar-refractivity contribution is 0.0708. The molecule has 0 aromatic heterocycles. The minimum absolute atomic E-state index is 0.0243. The molecule has 5 nitrogen and oxygen atoms in total. The molecule has 2 aliphatic rings. The Morgan fingerprint density at radius 3 is 2.48 bits per heavy atom. The van der Waals surface area contributed by atoms with Crippen molar-refractivity contribution in [2.45, 2.75) is 31.4 Å². The first-order valence-electron chi connectivity index (χ1n) is 9.15. The first-order chi connectivity index (χ1) is 13.2. The van der Waals surface area contributed by atoms with Crippen LogP contribution in [-0.2, 0) is 17.2 Å². The average Bonchev–Trinajstić information content (AvgIpc) is 2.73. The molecule has 1 fully saturated rings. The minimum Gasteiger partial charge on any atom is -0.444 e. The van der Waals surface area contributed by atoms with Crippen molar-refractivity contribution in [1.29, 1.82) is 0 Å². The molecule has 0 atom stereocenters. The molecule has 1 saturated heterocycles. The van der Waals surface area contributed by atoms with Crippen molar-refractivity contribution in [3.05, 3.63) is 65.2 Å². The number of piperidine rings is 1. The van der Waals surface area contributed by atoms with E-state index in [0.29, 0.717) is 31.1 Å². The van der Waals surface area contributed by atoms with E-state index in [-0.39, 0.29) is 18.0 Å². The Hall–Kier alpha value is -2.53. The number of likely N-dealkylation sites (tertiary alicyclic amines) is 1. The van der Waals surface area contributed by atoms with Gasteiger partial charge in [-0.1, -0.05) is 30.3 Å².